The van der Waals surface area contributed by atoms with Crippen LogP contribution < -0.4 is 5.32 Å². The third kappa shape index (κ3) is 4.21. The van der Waals surface area contributed by atoms with Crippen LogP contribution in [-0.2, 0) is 4.79 Å². The molecule has 1 N–H and O–H groups in total. The fourth-order valence-electron chi connectivity index (χ4n) is 1.43. The number of nitrogens with one attached hydrogen (secondary N) is 1. The Morgan fingerprint density at radius 1 is 1.50 bits per heavy atom. The van der Waals surface area contributed by atoms with Gasteiger partial charge in [-0.25, -0.2) is 0 Å². The standard InChI is InChI=1S/C8H12F3NOS/c9-8(10,11)14-5-3-6-2-1-4-12-7(6)13/h6H,1-5H2,(H,12,13). The lowest BCUT2D eigenvalue weighted by Crippen LogP contribution is -2.36. The highest BCUT2D eigenvalue weighted by Gasteiger charge is 2.29. The molecule has 1 rings (SSSR count). The predicted octanol–water partition coefficient (Wildman–Crippen LogP) is 2.16. The molecule has 1 heterocycles. The number of rotatable bonds is 3. The van der Waals surface area contributed by atoms with E-state index >= 15 is 0 Å². The van der Waals surface area contributed by atoms with Gasteiger partial charge in [0.2, 0.25) is 5.91 Å². The lowest BCUT2D eigenvalue weighted by atomic mass is 9.96. The van der Waals surface area contributed by atoms with Gasteiger partial charge in [0.1, 0.15) is 0 Å². The Labute approximate surface area is 84.6 Å². The molecular weight excluding hydrogens is 215 g/mol. The van der Waals surface area contributed by atoms with E-state index in [1.807, 2.05) is 0 Å². The highest BCUT2D eigenvalue weighted by molar-refractivity contribution is 8.00. The zero-order valence-corrected chi connectivity index (χ0v) is 8.38. The summed E-state index contributed by atoms with van der Waals surface area (Å²) in [7, 11) is 0. The molecule has 14 heavy (non-hydrogen) atoms. The van der Waals surface area contributed by atoms with Crippen LogP contribution in [0.4, 0.5) is 13.2 Å². The fourth-order valence-corrected chi connectivity index (χ4v) is 2.06. The van der Waals surface area contributed by atoms with Crippen LogP contribution in [0.15, 0.2) is 0 Å². The average Bonchev–Trinajstić information content (AvgIpc) is 2.06. The average molecular weight is 227 g/mol. The first kappa shape index (κ1) is 11.7. The number of alkyl halides is 3. The topological polar surface area (TPSA) is 29.1 Å². The molecule has 1 aliphatic rings. The highest BCUT2D eigenvalue weighted by atomic mass is 32.2. The zero-order chi connectivity index (χ0) is 10.6. The molecule has 0 aliphatic carbocycles. The summed E-state index contributed by atoms with van der Waals surface area (Å²) in [5.74, 6) is -0.348. The van der Waals surface area contributed by atoms with Crippen molar-refractivity contribution in [3.63, 3.8) is 0 Å². The van der Waals surface area contributed by atoms with Crippen molar-refractivity contribution in [2.75, 3.05) is 12.3 Å². The van der Waals surface area contributed by atoms with Gasteiger partial charge in [-0.3, -0.25) is 4.79 Å². The van der Waals surface area contributed by atoms with E-state index in [0.29, 0.717) is 19.4 Å². The number of hydrogen-bond donors (Lipinski definition) is 1. The van der Waals surface area contributed by atoms with Crippen LogP contribution in [0.3, 0.4) is 0 Å². The van der Waals surface area contributed by atoms with Gasteiger partial charge in [-0.05, 0) is 19.3 Å². The van der Waals surface area contributed by atoms with Crippen molar-refractivity contribution >= 4 is 17.7 Å². The molecule has 1 atom stereocenters. The molecule has 0 saturated carbocycles. The largest absolute Gasteiger partial charge is 0.441 e. The van der Waals surface area contributed by atoms with E-state index in [1.54, 1.807) is 0 Å². The first-order chi connectivity index (χ1) is 6.49. The van der Waals surface area contributed by atoms with E-state index < -0.39 is 5.51 Å². The summed E-state index contributed by atoms with van der Waals surface area (Å²) in [6.07, 6.45) is 1.90. The van der Waals surface area contributed by atoms with Gasteiger partial charge in [0.05, 0.1) is 0 Å². The van der Waals surface area contributed by atoms with Crippen molar-refractivity contribution in [1.29, 1.82) is 0 Å². The summed E-state index contributed by atoms with van der Waals surface area (Å²) in [4.78, 5) is 11.1. The van der Waals surface area contributed by atoms with Crippen LogP contribution in [0.5, 0.6) is 0 Å². The molecule has 1 saturated heterocycles. The van der Waals surface area contributed by atoms with Crippen molar-refractivity contribution in [1.82, 2.24) is 5.32 Å². The van der Waals surface area contributed by atoms with Crippen molar-refractivity contribution < 1.29 is 18.0 Å². The van der Waals surface area contributed by atoms with Gasteiger partial charge >= 0.3 is 5.51 Å². The minimum absolute atomic E-state index is 0.0262. The summed E-state index contributed by atoms with van der Waals surface area (Å²) in [5, 5.41) is 2.65. The lowest BCUT2D eigenvalue weighted by molar-refractivity contribution is -0.126. The Hall–Kier alpha value is -0.390. The minimum Gasteiger partial charge on any atom is -0.356 e. The SMILES string of the molecule is O=C1NCCCC1CCSC(F)(F)F. The number of carbonyl (C=O) groups is 1. The van der Waals surface area contributed by atoms with Crippen LogP contribution >= 0.6 is 11.8 Å². The van der Waals surface area contributed by atoms with Gasteiger partial charge in [0, 0.05) is 18.2 Å². The Bertz CT molecular complexity index is 207. The molecule has 1 aliphatic heterocycles. The molecule has 0 aromatic carbocycles. The Balaban J connectivity index is 2.20. The molecule has 6 heteroatoms. The number of thioether (sulfide) groups is 1. The number of hydrogen-bond acceptors (Lipinski definition) is 2. The molecule has 1 unspecified atom stereocenters. The second-order valence-corrected chi connectivity index (χ2v) is 4.37. The van der Waals surface area contributed by atoms with Crippen molar-refractivity contribution in [2.45, 2.75) is 24.8 Å². The number of halogens is 3. The van der Waals surface area contributed by atoms with Crippen LogP contribution in [0, 0.1) is 5.92 Å². The molecule has 1 amide bonds. The van der Waals surface area contributed by atoms with Crippen LogP contribution in [0.1, 0.15) is 19.3 Å². The van der Waals surface area contributed by atoms with Gasteiger partial charge in [0.25, 0.3) is 0 Å². The highest BCUT2D eigenvalue weighted by Crippen LogP contribution is 2.32. The molecular formula is C8H12F3NOS. The predicted molar refractivity (Wildman–Crippen MR) is 48.9 cm³/mol. The van der Waals surface area contributed by atoms with Crippen LogP contribution in [0.2, 0.25) is 0 Å². The van der Waals surface area contributed by atoms with Gasteiger partial charge in [-0.1, -0.05) is 11.8 Å². The lowest BCUT2D eigenvalue weighted by Gasteiger charge is -2.21. The zero-order valence-electron chi connectivity index (χ0n) is 7.56. The first-order valence-corrected chi connectivity index (χ1v) is 5.46. The van der Waals surface area contributed by atoms with Crippen LogP contribution in [0.25, 0.3) is 0 Å². The first-order valence-electron chi connectivity index (χ1n) is 4.47. The Morgan fingerprint density at radius 2 is 2.21 bits per heavy atom. The van der Waals surface area contributed by atoms with Crippen LogP contribution in [-0.4, -0.2) is 23.7 Å². The summed E-state index contributed by atoms with van der Waals surface area (Å²) in [6.45, 7) is 0.655. The maximum absolute atomic E-state index is 11.8. The summed E-state index contributed by atoms with van der Waals surface area (Å²) >= 11 is -0.0507. The molecule has 1 fully saturated rings. The van der Waals surface area contributed by atoms with E-state index in [2.05, 4.69) is 5.32 Å². The third-order valence-corrected chi connectivity index (χ3v) is 2.90. The second-order valence-electron chi connectivity index (χ2n) is 3.21. The number of carbonyl (C=O) groups excluding carboxylic acids is 1. The molecule has 0 bridgehead atoms. The van der Waals surface area contributed by atoms with E-state index in [9.17, 15) is 18.0 Å². The smallest absolute Gasteiger partial charge is 0.356 e. The molecule has 0 aromatic heterocycles. The maximum Gasteiger partial charge on any atom is 0.441 e. The molecule has 0 radical (unpaired) electrons. The van der Waals surface area contributed by atoms with Crippen molar-refractivity contribution in [3.8, 4) is 0 Å². The number of amides is 1. The normalized spacial score (nSPS) is 23.4. The fraction of sp³-hybridized carbons (Fsp3) is 0.875. The second kappa shape index (κ2) is 4.91. The maximum atomic E-state index is 11.8. The summed E-state index contributed by atoms with van der Waals surface area (Å²) in [5.41, 5.74) is -4.18. The third-order valence-electron chi connectivity index (χ3n) is 2.13. The van der Waals surface area contributed by atoms with Gasteiger partial charge in [-0.15, -0.1) is 0 Å². The minimum atomic E-state index is -4.18. The van der Waals surface area contributed by atoms with Crippen molar-refractivity contribution in [3.05, 3.63) is 0 Å². The van der Waals surface area contributed by atoms with E-state index in [0.717, 1.165) is 6.42 Å². The quantitative estimate of drug-likeness (QED) is 0.800. The Morgan fingerprint density at radius 3 is 2.79 bits per heavy atom. The Kier molecular flexibility index (Phi) is 4.10. The molecule has 0 spiro atoms. The van der Waals surface area contributed by atoms with Crippen molar-refractivity contribution in [2.24, 2.45) is 5.92 Å². The summed E-state index contributed by atoms with van der Waals surface area (Å²) in [6, 6.07) is 0. The van der Waals surface area contributed by atoms with Gasteiger partial charge < -0.3 is 5.32 Å². The summed E-state index contributed by atoms with van der Waals surface area (Å²) < 4.78 is 35.3. The molecule has 2 nitrogen and oxygen atoms in total. The molecule has 0 aromatic rings. The van der Waals surface area contributed by atoms with Gasteiger partial charge in [0.15, 0.2) is 0 Å². The van der Waals surface area contributed by atoms with Gasteiger partial charge in [-0.2, -0.15) is 13.2 Å². The van der Waals surface area contributed by atoms with E-state index in [1.165, 1.54) is 0 Å². The van der Waals surface area contributed by atoms with E-state index in [-0.39, 0.29) is 29.3 Å². The van der Waals surface area contributed by atoms with E-state index in [4.69, 9.17) is 0 Å². The monoisotopic (exact) mass is 227 g/mol. The molecule has 82 valence electrons. The number of piperidine rings is 1.